The lowest BCUT2D eigenvalue weighted by molar-refractivity contribution is -0.142. The SMILES string of the molecule is CC(=O)OCc1cc(=O)oc2c3c4c(cc12)CCCN4CCC3. The number of carbonyl (C=O) groups is 1. The van der Waals surface area contributed by atoms with Crippen LogP contribution in [0.2, 0.25) is 0 Å². The third-order valence-corrected chi connectivity index (χ3v) is 4.74. The van der Waals surface area contributed by atoms with Crippen LogP contribution in [0.15, 0.2) is 21.3 Å². The molecule has 0 saturated heterocycles. The topological polar surface area (TPSA) is 59.8 Å². The number of fused-ring (bicyclic) bond motifs is 2. The third-order valence-electron chi connectivity index (χ3n) is 4.74. The van der Waals surface area contributed by atoms with Crippen LogP contribution in [0.5, 0.6) is 0 Å². The summed E-state index contributed by atoms with van der Waals surface area (Å²) in [6.07, 6.45) is 4.19. The standard InChI is InChI=1S/C18H19NO4/c1-11(20)22-10-13-9-16(21)23-18-14-5-3-7-19-6-2-4-12(17(14)19)8-15(13)18/h8-9H,2-7,10H2,1H3. The molecule has 1 aromatic heterocycles. The second-order valence-corrected chi connectivity index (χ2v) is 6.30. The van der Waals surface area contributed by atoms with Gasteiger partial charge in [0.1, 0.15) is 12.2 Å². The summed E-state index contributed by atoms with van der Waals surface area (Å²) in [5, 5.41) is 0.906. The Hall–Kier alpha value is -2.30. The summed E-state index contributed by atoms with van der Waals surface area (Å²) in [6, 6.07) is 3.56. The smallest absolute Gasteiger partial charge is 0.336 e. The third kappa shape index (κ3) is 2.40. The molecule has 23 heavy (non-hydrogen) atoms. The highest BCUT2D eigenvalue weighted by atomic mass is 16.5. The molecule has 0 fully saturated rings. The highest BCUT2D eigenvalue weighted by Crippen LogP contribution is 2.40. The molecule has 0 unspecified atom stereocenters. The Morgan fingerprint density at radius 2 is 2.04 bits per heavy atom. The lowest BCUT2D eigenvalue weighted by Crippen LogP contribution is -2.34. The Kier molecular flexibility index (Phi) is 3.36. The fraction of sp³-hybridized carbons (Fsp3) is 0.444. The van der Waals surface area contributed by atoms with E-state index in [1.165, 1.54) is 24.2 Å². The van der Waals surface area contributed by atoms with Crippen LogP contribution in [0, 0.1) is 0 Å². The molecule has 0 atom stereocenters. The van der Waals surface area contributed by atoms with E-state index in [0.717, 1.165) is 55.3 Å². The number of carbonyl (C=O) groups excluding carboxylic acids is 1. The number of anilines is 1. The van der Waals surface area contributed by atoms with Gasteiger partial charge in [0.2, 0.25) is 0 Å². The van der Waals surface area contributed by atoms with Crippen molar-refractivity contribution in [3.63, 3.8) is 0 Å². The van der Waals surface area contributed by atoms with Crippen LogP contribution >= 0.6 is 0 Å². The van der Waals surface area contributed by atoms with Gasteiger partial charge in [0, 0.05) is 48.3 Å². The van der Waals surface area contributed by atoms with Crippen molar-refractivity contribution < 1.29 is 13.9 Å². The van der Waals surface area contributed by atoms with Crippen LogP contribution < -0.4 is 10.5 Å². The molecule has 2 aliphatic rings. The van der Waals surface area contributed by atoms with Crippen molar-refractivity contribution in [2.45, 2.75) is 39.2 Å². The summed E-state index contributed by atoms with van der Waals surface area (Å²) in [5.74, 6) is -0.350. The summed E-state index contributed by atoms with van der Waals surface area (Å²) >= 11 is 0. The molecule has 0 amide bonds. The fourth-order valence-corrected chi connectivity index (χ4v) is 3.83. The molecule has 1 aromatic carbocycles. The molecular formula is C18H19NO4. The Balaban J connectivity index is 1.96. The molecule has 0 aliphatic carbocycles. The first-order chi connectivity index (χ1) is 11.1. The molecule has 0 bridgehead atoms. The molecule has 0 spiro atoms. The van der Waals surface area contributed by atoms with Crippen molar-refractivity contribution in [3.05, 3.63) is 39.2 Å². The van der Waals surface area contributed by atoms with E-state index in [9.17, 15) is 9.59 Å². The summed E-state index contributed by atoms with van der Waals surface area (Å²) < 4.78 is 10.7. The summed E-state index contributed by atoms with van der Waals surface area (Å²) in [6.45, 7) is 3.63. The van der Waals surface area contributed by atoms with Crippen molar-refractivity contribution in [1.82, 2.24) is 0 Å². The average Bonchev–Trinajstić information content (AvgIpc) is 2.54. The highest BCUT2D eigenvalue weighted by Gasteiger charge is 2.27. The number of rotatable bonds is 2. The largest absolute Gasteiger partial charge is 0.461 e. The molecule has 120 valence electrons. The fourth-order valence-electron chi connectivity index (χ4n) is 3.83. The summed E-state index contributed by atoms with van der Waals surface area (Å²) in [7, 11) is 0. The zero-order valence-electron chi connectivity index (χ0n) is 13.2. The maximum absolute atomic E-state index is 12.0. The number of esters is 1. The van der Waals surface area contributed by atoms with Gasteiger partial charge >= 0.3 is 11.6 Å². The van der Waals surface area contributed by atoms with Crippen LogP contribution in [0.1, 0.15) is 36.5 Å². The molecule has 5 heteroatoms. The van der Waals surface area contributed by atoms with E-state index in [2.05, 4.69) is 11.0 Å². The first-order valence-corrected chi connectivity index (χ1v) is 8.13. The second-order valence-electron chi connectivity index (χ2n) is 6.30. The van der Waals surface area contributed by atoms with Gasteiger partial charge in [0.25, 0.3) is 0 Å². The van der Waals surface area contributed by atoms with Crippen molar-refractivity contribution >= 4 is 22.6 Å². The first kappa shape index (κ1) is 14.3. The van der Waals surface area contributed by atoms with Gasteiger partial charge in [-0.05, 0) is 37.3 Å². The predicted octanol–water partition coefficient (Wildman–Crippen LogP) is 2.55. The van der Waals surface area contributed by atoms with Gasteiger partial charge in [-0.3, -0.25) is 4.79 Å². The van der Waals surface area contributed by atoms with Crippen molar-refractivity contribution in [2.75, 3.05) is 18.0 Å². The Morgan fingerprint density at radius 1 is 1.26 bits per heavy atom. The number of hydrogen-bond acceptors (Lipinski definition) is 5. The zero-order valence-corrected chi connectivity index (χ0v) is 13.2. The Morgan fingerprint density at radius 3 is 2.83 bits per heavy atom. The number of nitrogens with zero attached hydrogens (tertiary/aromatic N) is 1. The predicted molar refractivity (Wildman–Crippen MR) is 86.8 cm³/mol. The molecule has 2 aliphatic heterocycles. The number of hydrogen-bond donors (Lipinski definition) is 0. The van der Waals surface area contributed by atoms with Gasteiger partial charge in [0.15, 0.2) is 0 Å². The molecule has 2 aromatic rings. The van der Waals surface area contributed by atoms with Crippen LogP contribution in [-0.2, 0) is 29.0 Å². The first-order valence-electron chi connectivity index (χ1n) is 8.13. The van der Waals surface area contributed by atoms with Crippen LogP contribution in [0.4, 0.5) is 5.69 Å². The lowest BCUT2D eigenvalue weighted by Gasteiger charge is -2.37. The Labute approximate surface area is 133 Å². The van der Waals surface area contributed by atoms with E-state index in [4.69, 9.17) is 9.15 Å². The normalized spacial score (nSPS) is 16.3. The van der Waals surface area contributed by atoms with Crippen LogP contribution in [-0.4, -0.2) is 19.1 Å². The van der Waals surface area contributed by atoms with Crippen LogP contribution in [0.25, 0.3) is 11.0 Å². The van der Waals surface area contributed by atoms with Gasteiger partial charge in [-0.2, -0.15) is 0 Å². The molecule has 3 heterocycles. The molecule has 0 radical (unpaired) electrons. The van der Waals surface area contributed by atoms with E-state index in [1.807, 2.05) is 0 Å². The molecule has 4 rings (SSSR count). The maximum atomic E-state index is 12.0. The Bertz CT molecular complexity index is 850. The minimum atomic E-state index is -0.385. The quantitative estimate of drug-likeness (QED) is 0.630. The zero-order chi connectivity index (χ0) is 16.0. The minimum Gasteiger partial charge on any atom is -0.461 e. The number of benzene rings is 1. The van der Waals surface area contributed by atoms with Crippen molar-refractivity contribution in [2.24, 2.45) is 0 Å². The lowest BCUT2D eigenvalue weighted by atomic mass is 9.89. The molecule has 5 nitrogen and oxygen atoms in total. The monoisotopic (exact) mass is 313 g/mol. The van der Waals surface area contributed by atoms with Gasteiger partial charge in [-0.25, -0.2) is 4.79 Å². The maximum Gasteiger partial charge on any atom is 0.336 e. The van der Waals surface area contributed by atoms with E-state index in [-0.39, 0.29) is 18.2 Å². The van der Waals surface area contributed by atoms with E-state index in [1.54, 1.807) is 0 Å². The average molecular weight is 313 g/mol. The van der Waals surface area contributed by atoms with Gasteiger partial charge in [-0.1, -0.05) is 0 Å². The van der Waals surface area contributed by atoms with Gasteiger partial charge in [0.05, 0.1) is 0 Å². The molecule has 0 N–H and O–H groups in total. The summed E-state index contributed by atoms with van der Waals surface area (Å²) in [4.78, 5) is 25.5. The van der Waals surface area contributed by atoms with Crippen LogP contribution in [0.3, 0.4) is 0 Å². The van der Waals surface area contributed by atoms with E-state index in [0.29, 0.717) is 5.58 Å². The van der Waals surface area contributed by atoms with E-state index >= 15 is 0 Å². The van der Waals surface area contributed by atoms with Crippen molar-refractivity contribution in [1.29, 1.82) is 0 Å². The van der Waals surface area contributed by atoms with E-state index < -0.39 is 0 Å². The van der Waals surface area contributed by atoms with Gasteiger partial charge in [-0.15, -0.1) is 0 Å². The second kappa shape index (κ2) is 5.41. The van der Waals surface area contributed by atoms with Crippen molar-refractivity contribution in [3.8, 4) is 0 Å². The summed E-state index contributed by atoms with van der Waals surface area (Å²) in [5.41, 5.74) is 4.74. The molecule has 0 saturated carbocycles. The minimum absolute atomic E-state index is 0.110. The highest BCUT2D eigenvalue weighted by molar-refractivity contribution is 5.90. The molecular weight excluding hydrogens is 294 g/mol. The number of aryl methyl sites for hydroxylation is 2. The van der Waals surface area contributed by atoms with Gasteiger partial charge < -0.3 is 14.1 Å². The number of ether oxygens (including phenoxy) is 1.